The zero-order valence-corrected chi connectivity index (χ0v) is 15.5. The van der Waals surface area contributed by atoms with Crippen LogP contribution in [-0.2, 0) is 9.53 Å². The quantitative estimate of drug-likeness (QED) is 0.826. The van der Waals surface area contributed by atoms with Gasteiger partial charge in [-0.3, -0.25) is 4.79 Å². The van der Waals surface area contributed by atoms with Gasteiger partial charge in [0.2, 0.25) is 5.91 Å². The van der Waals surface area contributed by atoms with Gasteiger partial charge in [0.1, 0.15) is 24.0 Å². The Hall–Kier alpha value is -3.54. The van der Waals surface area contributed by atoms with Gasteiger partial charge in [0.25, 0.3) is 0 Å². The van der Waals surface area contributed by atoms with Gasteiger partial charge in [-0.05, 0) is 26.8 Å². The number of rotatable bonds is 5. The number of nitrogens with zero attached hydrogens (tertiary/aromatic N) is 2. The van der Waals surface area contributed by atoms with Crippen molar-refractivity contribution in [2.45, 2.75) is 26.4 Å². The Morgan fingerprint density at radius 2 is 2.07 bits per heavy atom. The maximum atomic E-state index is 12.1. The molecule has 9 nitrogen and oxygen atoms in total. The van der Waals surface area contributed by atoms with Gasteiger partial charge in [0.05, 0.1) is 30.1 Å². The lowest BCUT2D eigenvalue weighted by atomic mass is 10.1. The number of hydrogen-bond acceptors (Lipinski definition) is 7. The van der Waals surface area contributed by atoms with Crippen LogP contribution < -0.4 is 15.4 Å². The lowest BCUT2D eigenvalue weighted by Gasteiger charge is -2.19. The third-order valence-corrected chi connectivity index (χ3v) is 3.22. The molecule has 1 heterocycles. The maximum absolute atomic E-state index is 12.1. The Morgan fingerprint density at radius 3 is 2.63 bits per heavy atom. The lowest BCUT2D eigenvalue weighted by molar-refractivity contribution is -0.115. The van der Waals surface area contributed by atoms with Crippen LogP contribution in [0, 0.1) is 11.3 Å². The molecule has 2 rings (SSSR count). The summed E-state index contributed by atoms with van der Waals surface area (Å²) in [6.07, 6.45) is 2.04. The molecule has 0 bridgehead atoms. The maximum Gasteiger partial charge on any atom is 0.408 e. The predicted molar refractivity (Wildman–Crippen MR) is 96.1 cm³/mol. The summed E-state index contributed by atoms with van der Waals surface area (Å²) in [7, 11) is 1.46. The second-order valence-electron chi connectivity index (χ2n) is 6.48. The number of amides is 2. The highest BCUT2D eigenvalue weighted by Gasteiger charge is 2.18. The van der Waals surface area contributed by atoms with Gasteiger partial charge < -0.3 is 24.5 Å². The van der Waals surface area contributed by atoms with Crippen molar-refractivity contribution >= 4 is 17.7 Å². The summed E-state index contributed by atoms with van der Waals surface area (Å²) in [6, 6.07) is 5.03. The molecule has 0 fully saturated rings. The molecule has 142 valence electrons. The summed E-state index contributed by atoms with van der Waals surface area (Å²) in [6.45, 7) is 4.84. The van der Waals surface area contributed by atoms with Gasteiger partial charge in [-0.15, -0.1) is 0 Å². The van der Waals surface area contributed by atoms with E-state index in [1.807, 2.05) is 6.07 Å². The number of carbonyl (C=O) groups is 2. The van der Waals surface area contributed by atoms with Crippen LogP contribution in [0.2, 0.25) is 0 Å². The molecule has 2 N–H and O–H groups in total. The van der Waals surface area contributed by atoms with E-state index in [9.17, 15) is 14.9 Å². The predicted octanol–water partition coefficient (Wildman–Crippen LogP) is 2.69. The van der Waals surface area contributed by atoms with Gasteiger partial charge in [-0.1, -0.05) is 0 Å². The molecule has 0 radical (unpaired) electrons. The third-order valence-electron chi connectivity index (χ3n) is 3.22. The Labute approximate surface area is 156 Å². The van der Waals surface area contributed by atoms with E-state index in [2.05, 4.69) is 15.6 Å². The van der Waals surface area contributed by atoms with E-state index in [0.717, 1.165) is 0 Å². The van der Waals surface area contributed by atoms with Crippen LogP contribution in [0.4, 0.5) is 10.5 Å². The van der Waals surface area contributed by atoms with Crippen LogP contribution in [0.5, 0.6) is 5.75 Å². The molecule has 0 atom stereocenters. The van der Waals surface area contributed by atoms with E-state index in [1.165, 1.54) is 31.8 Å². The van der Waals surface area contributed by atoms with Crippen LogP contribution in [0.3, 0.4) is 0 Å². The molecular formula is C18H20N4O5. The summed E-state index contributed by atoms with van der Waals surface area (Å²) >= 11 is 0. The van der Waals surface area contributed by atoms with Crippen molar-refractivity contribution in [2.24, 2.45) is 0 Å². The fourth-order valence-electron chi connectivity index (χ4n) is 2.15. The Balaban J connectivity index is 2.13. The van der Waals surface area contributed by atoms with E-state index in [0.29, 0.717) is 17.1 Å². The number of methoxy groups -OCH3 is 1. The fraction of sp³-hybridized carbons (Fsp3) is 0.333. The smallest absolute Gasteiger partial charge is 0.408 e. The van der Waals surface area contributed by atoms with Crippen LogP contribution in [0.1, 0.15) is 26.3 Å². The molecule has 0 aliphatic rings. The number of benzene rings is 1. The first-order valence-electron chi connectivity index (χ1n) is 8.01. The summed E-state index contributed by atoms with van der Waals surface area (Å²) < 4.78 is 15.6. The highest BCUT2D eigenvalue weighted by molar-refractivity contribution is 5.95. The van der Waals surface area contributed by atoms with Gasteiger partial charge in [0, 0.05) is 6.07 Å². The van der Waals surface area contributed by atoms with E-state index in [1.54, 1.807) is 20.8 Å². The molecule has 0 aliphatic carbocycles. The molecule has 1 aromatic carbocycles. The molecule has 2 aromatic rings. The third kappa shape index (κ3) is 5.47. The number of nitriles is 1. The first-order chi connectivity index (χ1) is 12.7. The minimum atomic E-state index is -0.712. The zero-order valence-electron chi connectivity index (χ0n) is 15.5. The van der Waals surface area contributed by atoms with Crippen molar-refractivity contribution in [1.29, 1.82) is 5.26 Å². The number of nitrogens with one attached hydrogen (secondary N) is 2. The molecule has 2 amide bonds. The van der Waals surface area contributed by atoms with Crippen LogP contribution >= 0.6 is 0 Å². The topological polar surface area (TPSA) is 126 Å². The Morgan fingerprint density at radius 1 is 1.33 bits per heavy atom. The van der Waals surface area contributed by atoms with Gasteiger partial charge >= 0.3 is 6.09 Å². The summed E-state index contributed by atoms with van der Waals surface area (Å²) in [5.74, 6) is 0.292. The number of alkyl carbamates (subject to hydrolysis) is 1. The molecular weight excluding hydrogens is 352 g/mol. The van der Waals surface area contributed by atoms with Gasteiger partial charge in [-0.2, -0.15) is 5.26 Å². The SMILES string of the molecule is COc1cc(NC(=O)CNC(=O)OC(C)(C)C)c(C#N)cc1-c1cnco1. The van der Waals surface area contributed by atoms with Crippen molar-refractivity contribution in [3.8, 4) is 23.1 Å². The highest BCUT2D eigenvalue weighted by atomic mass is 16.6. The second-order valence-corrected chi connectivity index (χ2v) is 6.48. The van der Waals surface area contributed by atoms with Crippen LogP contribution in [0.15, 0.2) is 29.1 Å². The number of ether oxygens (including phenoxy) is 2. The van der Waals surface area contributed by atoms with Crippen molar-refractivity contribution in [2.75, 3.05) is 19.0 Å². The number of carbonyl (C=O) groups excluding carboxylic acids is 2. The minimum absolute atomic E-state index is 0.202. The van der Waals surface area contributed by atoms with Gasteiger partial charge in [0.15, 0.2) is 12.2 Å². The highest BCUT2D eigenvalue weighted by Crippen LogP contribution is 2.34. The normalized spacial score (nSPS) is 10.6. The molecule has 0 spiro atoms. The first-order valence-corrected chi connectivity index (χ1v) is 8.01. The summed E-state index contributed by atoms with van der Waals surface area (Å²) in [4.78, 5) is 27.6. The Bertz CT molecular complexity index is 863. The molecule has 1 aromatic heterocycles. The zero-order chi connectivity index (χ0) is 20.0. The molecule has 0 saturated heterocycles. The van der Waals surface area contributed by atoms with E-state index in [4.69, 9.17) is 13.9 Å². The number of hydrogen-bond donors (Lipinski definition) is 2. The van der Waals surface area contributed by atoms with Crippen LogP contribution in [0.25, 0.3) is 11.3 Å². The Kier molecular flexibility index (Phi) is 6.03. The van der Waals surface area contributed by atoms with Crippen molar-refractivity contribution in [3.05, 3.63) is 30.3 Å². The van der Waals surface area contributed by atoms with Crippen LogP contribution in [-0.4, -0.2) is 36.2 Å². The fourth-order valence-corrected chi connectivity index (χ4v) is 2.15. The molecule has 27 heavy (non-hydrogen) atoms. The van der Waals surface area contributed by atoms with Crippen molar-refractivity contribution < 1.29 is 23.5 Å². The average molecular weight is 372 g/mol. The second kappa shape index (κ2) is 8.23. The molecule has 0 unspecified atom stereocenters. The van der Waals surface area contributed by atoms with Gasteiger partial charge in [-0.25, -0.2) is 9.78 Å². The molecule has 0 saturated carbocycles. The first kappa shape index (κ1) is 19.8. The van der Waals surface area contributed by atoms with Crippen molar-refractivity contribution in [1.82, 2.24) is 10.3 Å². The average Bonchev–Trinajstić information content (AvgIpc) is 3.12. The standard InChI is InChI=1S/C18H20N4O5/c1-18(2,3)27-17(24)21-9-16(23)22-13-6-14(25-4)12(5-11(13)7-19)15-8-20-10-26-15/h5-6,8,10H,9H2,1-4H3,(H,21,24)(H,22,23). The number of aromatic nitrogens is 1. The van der Waals surface area contributed by atoms with E-state index >= 15 is 0 Å². The van der Waals surface area contributed by atoms with E-state index in [-0.39, 0.29) is 17.8 Å². The summed E-state index contributed by atoms with van der Waals surface area (Å²) in [5.41, 5.74) is 0.302. The number of oxazole rings is 1. The van der Waals surface area contributed by atoms with E-state index < -0.39 is 17.6 Å². The molecule has 0 aliphatic heterocycles. The van der Waals surface area contributed by atoms with Crippen molar-refractivity contribution in [3.63, 3.8) is 0 Å². The largest absolute Gasteiger partial charge is 0.496 e. The lowest BCUT2D eigenvalue weighted by Crippen LogP contribution is -2.37. The summed E-state index contributed by atoms with van der Waals surface area (Å²) in [5, 5.41) is 14.3. The minimum Gasteiger partial charge on any atom is -0.496 e. The molecule has 9 heteroatoms. The number of anilines is 1. The monoisotopic (exact) mass is 372 g/mol.